The van der Waals surface area contributed by atoms with Crippen LogP contribution in [0.15, 0.2) is 54.9 Å². The first kappa shape index (κ1) is 22.0. The summed E-state index contributed by atoms with van der Waals surface area (Å²) in [6, 6.07) is 12.9. The van der Waals surface area contributed by atoms with Crippen LogP contribution in [-0.4, -0.2) is 59.9 Å². The van der Waals surface area contributed by atoms with Crippen molar-refractivity contribution in [2.75, 3.05) is 39.5 Å². The summed E-state index contributed by atoms with van der Waals surface area (Å²) in [4.78, 5) is 15.9. The van der Waals surface area contributed by atoms with E-state index in [0.29, 0.717) is 64.3 Å². The van der Waals surface area contributed by atoms with Crippen molar-refractivity contribution in [2.24, 2.45) is 11.3 Å². The number of nitrogens with zero attached hydrogens (tertiary/aromatic N) is 3. The molecule has 0 spiro atoms. The number of amides is 1. The van der Waals surface area contributed by atoms with E-state index in [1.807, 2.05) is 33.8 Å². The number of carbonyl (C=O) groups is 1. The Labute approximate surface area is 193 Å². The van der Waals surface area contributed by atoms with Crippen LogP contribution in [0.2, 0.25) is 0 Å². The van der Waals surface area contributed by atoms with Crippen LogP contribution in [0, 0.1) is 17.2 Å². The van der Waals surface area contributed by atoms with Gasteiger partial charge < -0.3 is 14.4 Å². The van der Waals surface area contributed by atoms with E-state index in [2.05, 4.69) is 11.2 Å². The van der Waals surface area contributed by atoms with Crippen LogP contribution in [0.25, 0.3) is 5.52 Å². The Morgan fingerprint density at radius 2 is 1.88 bits per heavy atom. The maximum Gasteiger partial charge on any atom is 0.229 e. The zero-order valence-corrected chi connectivity index (χ0v) is 18.8. The van der Waals surface area contributed by atoms with Crippen molar-refractivity contribution in [1.82, 2.24) is 14.5 Å². The maximum absolute atomic E-state index is 14.5. The first-order chi connectivity index (χ1) is 16.1. The number of carbonyl (C=O) groups excluding carboxylic acids is 1. The molecule has 2 aliphatic heterocycles. The molecule has 0 N–H and O–H groups in total. The molecule has 2 aromatic heterocycles. The minimum Gasteiger partial charge on any atom is -0.381 e. The summed E-state index contributed by atoms with van der Waals surface area (Å²) < 4.78 is 27.9. The lowest BCUT2D eigenvalue weighted by Crippen LogP contribution is -2.50. The van der Waals surface area contributed by atoms with Gasteiger partial charge in [0.1, 0.15) is 5.82 Å². The molecule has 0 aliphatic carbocycles. The van der Waals surface area contributed by atoms with Gasteiger partial charge in [0.15, 0.2) is 0 Å². The predicted octanol–water partition coefficient (Wildman–Crippen LogP) is 3.53. The van der Waals surface area contributed by atoms with Gasteiger partial charge in [0, 0.05) is 44.6 Å². The van der Waals surface area contributed by atoms with Crippen molar-refractivity contribution in [3.05, 3.63) is 71.8 Å². The lowest BCUT2D eigenvalue weighted by molar-refractivity contribution is -0.148. The van der Waals surface area contributed by atoms with E-state index < -0.39 is 5.41 Å². The van der Waals surface area contributed by atoms with E-state index in [1.165, 1.54) is 11.6 Å². The number of hydrogen-bond donors (Lipinski definition) is 0. The molecule has 1 amide bonds. The molecule has 0 radical (unpaired) electrons. The molecule has 0 bridgehead atoms. The highest BCUT2D eigenvalue weighted by atomic mass is 19.1. The van der Waals surface area contributed by atoms with Crippen LogP contribution in [0.4, 0.5) is 4.39 Å². The second kappa shape index (κ2) is 9.61. The van der Waals surface area contributed by atoms with Crippen LogP contribution < -0.4 is 0 Å². The molecule has 1 atom stereocenters. The van der Waals surface area contributed by atoms with Gasteiger partial charge >= 0.3 is 0 Å². The highest BCUT2D eigenvalue weighted by Crippen LogP contribution is 2.37. The normalized spacial score (nSPS) is 21.1. The molecule has 33 heavy (non-hydrogen) atoms. The van der Waals surface area contributed by atoms with Crippen LogP contribution in [0.3, 0.4) is 0 Å². The number of aromatic nitrogens is 2. The molecule has 1 aromatic carbocycles. The lowest BCUT2D eigenvalue weighted by Gasteiger charge is -2.40. The zero-order chi connectivity index (χ0) is 22.7. The van der Waals surface area contributed by atoms with Gasteiger partial charge in [-0.25, -0.2) is 8.91 Å². The molecule has 4 heterocycles. The molecule has 174 valence electrons. The summed E-state index contributed by atoms with van der Waals surface area (Å²) in [5.74, 6) is 0.0390. The van der Waals surface area contributed by atoms with E-state index in [0.717, 1.165) is 11.9 Å². The van der Waals surface area contributed by atoms with Crippen molar-refractivity contribution in [2.45, 2.75) is 25.7 Å². The average molecular weight is 452 g/mol. The molecular formula is C26H30FN3O3. The number of halogens is 1. The summed E-state index contributed by atoms with van der Waals surface area (Å²) in [7, 11) is 0. The first-order valence-corrected chi connectivity index (χ1v) is 11.7. The number of ether oxygens (including phenoxy) is 2. The standard InChI is InChI=1S/C26H30FN3O3/c27-23-6-2-1-4-22(23)17-26(8-13-32-14-9-26)25(31)29-12-15-33-19-20(18-29)16-21-5-3-11-30-24(21)7-10-28-30/h1-7,10-11,20H,8-9,12-19H2. The monoisotopic (exact) mass is 451 g/mol. The Kier molecular flexibility index (Phi) is 6.42. The second-order valence-electron chi connectivity index (χ2n) is 9.25. The summed E-state index contributed by atoms with van der Waals surface area (Å²) in [5.41, 5.74) is 2.24. The van der Waals surface area contributed by atoms with Gasteiger partial charge in [0.05, 0.1) is 24.1 Å². The number of fused-ring (bicyclic) bond motifs is 1. The predicted molar refractivity (Wildman–Crippen MR) is 122 cm³/mol. The Morgan fingerprint density at radius 3 is 2.73 bits per heavy atom. The largest absolute Gasteiger partial charge is 0.381 e. The second-order valence-corrected chi connectivity index (χ2v) is 9.25. The van der Waals surface area contributed by atoms with Gasteiger partial charge in [-0.05, 0) is 55.0 Å². The fraction of sp³-hybridized carbons (Fsp3) is 0.462. The molecule has 2 fully saturated rings. The summed E-state index contributed by atoms with van der Waals surface area (Å²) in [5, 5.41) is 4.33. The van der Waals surface area contributed by atoms with Crippen LogP contribution in [0.5, 0.6) is 0 Å². The average Bonchev–Trinajstić information content (AvgIpc) is 3.21. The number of pyridine rings is 1. The van der Waals surface area contributed by atoms with Crippen molar-refractivity contribution in [1.29, 1.82) is 0 Å². The van der Waals surface area contributed by atoms with Crippen molar-refractivity contribution >= 4 is 11.4 Å². The van der Waals surface area contributed by atoms with Gasteiger partial charge in [-0.2, -0.15) is 5.10 Å². The molecule has 6 nitrogen and oxygen atoms in total. The topological polar surface area (TPSA) is 56.1 Å². The lowest BCUT2D eigenvalue weighted by atomic mass is 9.73. The Bertz CT molecular complexity index is 1110. The minimum atomic E-state index is -0.638. The Morgan fingerprint density at radius 1 is 1.06 bits per heavy atom. The smallest absolute Gasteiger partial charge is 0.229 e. The summed E-state index contributed by atoms with van der Waals surface area (Å²) >= 11 is 0. The van der Waals surface area contributed by atoms with Crippen LogP contribution >= 0.6 is 0 Å². The molecule has 7 heteroatoms. The minimum absolute atomic E-state index is 0.104. The molecule has 5 rings (SSSR count). The number of benzene rings is 1. The van der Waals surface area contributed by atoms with E-state index >= 15 is 0 Å². The van der Waals surface area contributed by atoms with Gasteiger partial charge in [0.2, 0.25) is 5.91 Å². The fourth-order valence-electron chi connectivity index (χ4n) is 5.26. The molecule has 2 aliphatic rings. The van der Waals surface area contributed by atoms with Gasteiger partial charge in [-0.3, -0.25) is 4.79 Å². The summed E-state index contributed by atoms with van der Waals surface area (Å²) in [6.45, 7) is 3.38. The number of hydrogen-bond acceptors (Lipinski definition) is 4. The van der Waals surface area contributed by atoms with E-state index in [4.69, 9.17) is 9.47 Å². The van der Waals surface area contributed by atoms with E-state index in [1.54, 1.807) is 18.3 Å². The quantitative estimate of drug-likeness (QED) is 0.596. The molecular weight excluding hydrogens is 421 g/mol. The van der Waals surface area contributed by atoms with Crippen LogP contribution in [-0.2, 0) is 27.1 Å². The summed E-state index contributed by atoms with van der Waals surface area (Å²) in [6.07, 6.45) is 6.17. The van der Waals surface area contributed by atoms with Gasteiger partial charge in [-0.15, -0.1) is 0 Å². The van der Waals surface area contributed by atoms with Crippen molar-refractivity contribution < 1.29 is 18.7 Å². The van der Waals surface area contributed by atoms with E-state index in [9.17, 15) is 9.18 Å². The third-order valence-electron chi connectivity index (χ3n) is 7.05. The zero-order valence-electron chi connectivity index (χ0n) is 18.8. The highest BCUT2D eigenvalue weighted by molar-refractivity contribution is 5.83. The molecule has 0 saturated carbocycles. The molecule has 2 saturated heterocycles. The third kappa shape index (κ3) is 4.66. The van der Waals surface area contributed by atoms with E-state index in [-0.39, 0.29) is 17.6 Å². The number of rotatable bonds is 5. The third-order valence-corrected chi connectivity index (χ3v) is 7.05. The fourth-order valence-corrected chi connectivity index (χ4v) is 5.26. The first-order valence-electron chi connectivity index (χ1n) is 11.7. The highest BCUT2D eigenvalue weighted by Gasteiger charge is 2.43. The van der Waals surface area contributed by atoms with Crippen LogP contribution in [0.1, 0.15) is 24.0 Å². The molecule has 1 unspecified atom stereocenters. The SMILES string of the molecule is O=C(N1CCOCC(Cc2cccn3nccc23)C1)C1(Cc2ccccc2F)CCOCC1. The van der Waals surface area contributed by atoms with Crippen molar-refractivity contribution in [3.8, 4) is 0 Å². The molecule has 3 aromatic rings. The van der Waals surface area contributed by atoms with Gasteiger partial charge in [0.25, 0.3) is 0 Å². The maximum atomic E-state index is 14.5. The van der Waals surface area contributed by atoms with Crippen molar-refractivity contribution in [3.63, 3.8) is 0 Å². The Hall–Kier alpha value is -2.77. The van der Waals surface area contributed by atoms with Gasteiger partial charge in [-0.1, -0.05) is 24.3 Å². The Balaban J connectivity index is 1.37.